The predicted octanol–water partition coefficient (Wildman–Crippen LogP) is 5.70. The highest BCUT2D eigenvalue weighted by Crippen LogP contribution is 2.44. The minimum Gasteiger partial charge on any atom is -0.444 e. The zero-order chi connectivity index (χ0) is 28.7. The van der Waals surface area contributed by atoms with Crippen molar-refractivity contribution in [1.82, 2.24) is 4.90 Å². The van der Waals surface area contributed by atoms with E-state index < -0.39 is 58.2 Å². The van der Waals surface area contributed by atoms with Crippen LogP contribution in [0.1, 0.15) is 56.8 Å². The number of alkyl halides is 4. The molecule has 0 saturated carbocycles. The summed E-state index contributed by atoms with van der Waals surface area (Å²) in [7, 11) is -3.55. The van der Waals surface area contributed by atoms with Crippen LogP contribution < -0.4 is 5.32 Å². The first-order valence-electron chi connectivity index (χ1n) is 11.7. The van der Waals surface area contributed by atoms with Gasteiger partial charge in [-0.15, -0.1) is 0 Å². The van der Waals surface area contributed by atoms with Gasteiger partial charge < -0.3 is 10.1 Å². The van der Waals surface area contributed by atoms with Crippen LogP contribution in [0.5, 0.6) is 0 Å². The number of ether oxygens (including phenoxy) is 1. The number of hydrogen-bond donors (Lipinski definition) is 1. The fourth-order valence-electron chi connectivity index (χ4n) is 4.20. The Kier molecular flexibility index (Phi) is 7.89. The largest absolute Gasteiger partial charge is 0.444 e. The lowest BCUT2D eigenvalue weighted by Crippen LogP contribution is -2.40. The summed E-state index contributed by atoms with van der Waals surface area (Å²) in [6, 6.07) is 7.90. The van der Waals surface area contributed by atoms with E-state index in [2.05, 4.69) is 5.32 Å². The third-order valence-electron chi connectivity index (χ3n) is 6.38. The molecule has 2 unspecified atom stereocenters. The molecule has 38 heavy (non-hydrogen) atoms. The highest BCUT2D eigenvalue weighted by atomic mass is 32.2. The maximum absolute atomic E-state index is 13.6. The molecule has 2 atom stereocenters. The Morgan fingerprint density at radius 3 is 2.16 bits per heavy atom. The normalized spacial score (nSPS) is 17.5. The van der Waals surface area contributed by atoms with Crippen LogP contribution in [0.25, 0.3) is 0 Å². The molecule has 1 aliphatic heterocycles. The number of anilines is 1. The minimum atomic E-state index is -4.68. The van der Waals surface area contributed by atoms with Crippen molar-refractivity contribution >= 4 is 27.5 Å². The molecular weight excluding hydrogens is 528 g/mol. The molecule has 3 rings (SSSR count). The van der Waals surface area contributed by atoms with E-state index in [0.29, 0.717) is 11.1 Å². The van der Waals surface area contributed by atoms with E-state index in [1.165, 1.54) is 42.5 Å². The van der Waals surface area contributed by atoms with Gasteiger partial charge in [-0.2, -0.15) is 13.2 Å². The molecule has 1 heterocycles. The maximum Gasteiger partial charge on any atom is 0.411 e. The summed E-state index contributed by atoms with van der Waals surface area (Å²) in [4.78, 5) is 27.5. The number of hydrogen-bond acceptors (Lipinski definition) is 5. The third kappa shape index (κ3) is 6.11. The first-order valence-corrected chi connectivity index (χ1v) is 13.6. The lowest BCUT2D eigenvalue weighted by Gasteiger charge is -2.32. The van der Waals surface area contributed by atoms with E-state index >= 15 is 0 Å². The second-order valence-corrected chi connectivity index (χ2v) is 12.5. The zero-order valence-electron chi connectivity index (χ0n) is 21.6. The number of halogens is 4. The number of fused-ring (bicyclic) bond motifs is 1. The van der Waals surface area contributed by atoms with Gasteiger partial charge in [-0.1, -0.05) is 18.2 Å². The average Bonchev–Trinajstić information content (AvgIpc) is 3.16. The molecule has 0 saturated heterocycles. The van der Waals surface area contributed by atoms with Crippen molar-refractivity contribution in [1.29, 1.82) is 0 Å². The Bertz CT molecular complexity index is 1320. The molecule has 0 aromatic heterocycles. The number of nitrogens with one attached hydrogen (secondary N) is 1. The highest BCUT2D eigenvalue weighted by molar-refractivity contribution is 7.90. The SMILES string of the molecule is CC(C)(C)OC(=O)N1Cc2cc(S(C)(=O)=O)ccc2C1C(=O)Nc1ccc(C(C)(CCF)C(F)(F)F)cc1. The van der Waals surface area contributed by atoms with Gasteiger partial charge in [0.2, 0.25) is 0 Å². The molecule has 2 aromatic carbocycles. The number of rotatable bonds is 6. The molecule has 2 aromatic rings. The minimum absolute atomic E-state index is 0.0260. The molecule has 0 bridgehead atoms. The van der Waals surface area contributed by atoms with Gasteiger partial charge in [0, 0.05) is 11.9 Å². The quantitative estimate of drug-likeness (QED) is 0.459. The summed E-state index contributed by atoms with van der Waals surface area (Å²) in [6.07, 6.45) is -5.19. The molecule has 1 N–H and O–H groups in total. The first kappa shape index (κ1) is 29.4. The number of carbonyl (C=O) groups is 2. The van der Waals surface area contributed by atoms with Crippen molar-refractivity contribution in [2.24, 2.45) is 0 Å². The van der Waals surface area contributed by atoms with Gasteiger partial charge in [-0.3, -0.25) is 14.1 Å². The Morgan fingerprint density at radius 2 is 1.66 bits per heavy atom. The van der Waals surface area contributed by atoms with Crippen LogP contribution >= 0.6 is 0 Å². The van der Waals surface area contributed by atoms with E-state index in [1.807, 2.05) is 0 Å². The molecule has 0 radical (unpaired) electrons. The smallest absolute Gasteiger partial charge is 0.411 e. The number of nitrogens with zero attached hydrogens (tertiary/aromatic N) is 1. The molecular formula is C26H30F4N2O5S. The molecule has 0 spiro atoms. The number of sulfone groups is 1. The number of amides is 2. The summed E-state index contributed by atoms with van der Waals surface area (Å²) >= 11 is 0. The molecule has 7 nitrogen and oxygen atoms in total. The Hall–Kier alpha value is -3.15. The van der Waals surface area contributed by atoms with Gasteiger partial charge in [0.25, 0.3) is 5.91 Å². The summed E-state index contributed by atoms with van der Waals surface area (Å²) in [6.45, 7) is 4.65. The Morgan fingerprint density at radius 1 is 1.05 bits per heavy atom. The Labute approximate surface area is 219 Å². The lowest BCUT2D eigenvalue weighted by atomic mass is 9.79. The Balaban J connectivity index is 1.93. The summed E-state index contributed by atoms with van der Waals surface area (Å²) in [5, 5.41) is 2.60. The second-order valence-electron chi connectivity index (χ2n) is 10.5. The van der Waals surface area contributed by atoms with E-state index in [4.69, 9.17) is 4.74 Å². The van der Waals surface area contributed by atoms with Crippen molar-refractivity contribution in [2.45, 2.75) is 68.8 Å². The summed E-state index contributed by atoms with van der Waals surface area (Å²) in [5.74, 6) is -0.670. The molecule has 1 aliphatic rings. The van der Waals surface area contributed by atoms with Gasteiger partial charge in [0.15, 0.2) is 9.84 Å². The van der Waals surface area contributed by atoms with Crippen LogP contribution in [0.4, 0.5) is 28.0 Å². The highest BCUT2D eigenvalue weighted by Gasteiger charge is 2.51. The van der Waals surface area contributed by atoms with Gasteiger partial charge in [-0.05, 0) is 75.1 Å². The van der Waals surface area contributed by atoms with Crippen LogP contribution in [0.3, 0.4) is 0 Å². The van der Waals surface area contributed by atoms with E-state index in [1.54, 1.807) is 20.8 Å². The molecule has 0 fully saturated rings. The van der Waals surface area contributed by atoms with Crippen molar-refractivity contribution < 1.29 is 40.3 Å². The second kappa shape index (κ2) is 10.2. The van der Waals surface area contributed by atoms with E-state index in [0.717, 1.165) is 18.1 Å². The number of benzene rings is 2. The summed E-state index contributed by atoms with van der Waals surface area (Å²) in [5.41, 5.74) is -2.43. The van der Waals surface area contributed by atoms with Crippen LogP contribution in [0, 0.1) is 0 Å². The van der Waals surface area contributed by atoms with Crippen LogP contribution in [-0.4, -0.2) is 50.0 Å². The number of carbonyl (C=O) groups excluding carboxylic acids is 2. The molecule has 12 heteroatoms. The monoisotopic (exact) mass is 558 g/mol. The van der Waals surface area contributed by atoms with Gasteiger partial charge in [-0.25, -0.2) is 13.2 Å². The fraction of sp³-hybridized carbons (Fsp3) is 0.462. The zero-order valence-corrected chi connectivity index (χ0v) is 22.5. The topological polar surface area (TPSA) is 92.8 Å². The van der Waals surface area contributed by atoms with Gasteiger partial charge in [0.1, 0.15) is 11.6 Å². The maximum atomic E-state index is 13.6. The van der Waals surface area contributed by atoms with Crippen molar-refractivity contribution in [3.63, 3.8) is 0 Å². The first-order chi connectivity index (χ1) is 17.4. The average molecular weight is 559 g/mol. The van der Waals surface area contributed by atoms with Gasteiger partial charge >= 0.3 is 12.3 Å². The van der Waals surface area contributed by atoms with E-state index in [-0.39, 0.29) is 22.7 Å². The van der Waals surface area contributed by atoms with E-state index in [9.17, 15) is 35.6 Å². The van der Waals surface area contributed by atoms with Crippen molar-refractivity contribution in [2.75, 3.05) is 18.2 Å². The third-order valence-corrected chi connectivity index (χ3v) is 7.49. The van der Waals surface area contributed by atoms with Crippen LogP contribution in [-0.2, 0) is 31.3 Å². The lowest BCUT2D eigenvalue weighted by molar-refractivity contribution is -0.188. The van der Waals surface area contributed by atoms with Crippen molar-refractivity contribution in [3.8, 4) is 0 Å². The molecule has 0 aliphatic carbocycles. The standard InChI is InChI=1S/C26H30F4N2O5S/c1-24(2,3)37-23(34)32-15-16-14-19(38(5,35)36)10-11-20(16)21(32)22(33)31-18-8-6-17(7-9-18)25(4,12-13-27)26(28,29)30/h6-11,14,21H,12-13,15H2,1-5H3,(H,31,33). The molecule has 2 amide bonds. The molecule has 208 valence electrons. The predicted molar refractivity (Wildman–Crippen MR) is 133 cm³/mol. The van der Waals surface area contributed by atoms with Crippen LogP contribution in [0.2, 0.25) is 0 Å². The van der Waals surface area contributed by atoms with Gasteiger partial charge in [0.05, 0.1) is 23.5 Å². The van der Waals surface area contributed by atoms with Crippen LogP contribution in [0.15, 0.2) is 47.4 Å². The fourth-order valence-corrected chi connectivity index (χ4v) is 4.87. The summed E-state index contributed by atoms with van der Waals surface area (Å²) < 4.78 is 83.3. The van der Waals surface area contributed by atoms with Crippen molar-refractivity contribution in [3.05, 3.63) is 59.2 Å².